The summed E-state index contributed by atoms with van der Waals surface area (Å²) in [6.07, 6.45) is 0. The monoisotopic (exact) mass is 269 g/mol. The molecule has 2 heterocycles. The maximum atomic E-state index is 13.4. The summed E-state index contributed by atoms with van der Waals surface area (Å²) in [5.41, 5.74) is 1.51. The van der Waals surface area contributed by atoms with Crippen molar-refractivity contribution < 1.29 is 13.9 Å². The molecule has 0 N–H and O–H groups in total. The average Bonchev–Trinajstić information content (AvgIpc) is 3.23. The fourth-order valence-electron chi connectivity index (χ4n) is 2.78. The number of ether oxygens (including phenoxy) is 1. The van der Waals surface area contributed by atoms with Crippen LogP contribution in [0.5, 0.6) is 0 Å². The molecule has 2 aliphatic heterocycles. The van der Waals surface area contributed by atoms with Gasteiger partial charge in [-0.3, -0.25) is 4.79 Å². The maximum Gasteiger partial charge on any atom is 0.266 e. The molecule has 1 spiro atoms. The van der Waals surface area contributed by atoms with Crippen LogP contribution in [0, 0.1) is 5.82 Å². The number of anilines is 1. The van der Waals surface area contributed by atoms with Gasteiger partial charge in [0, 0.05) is 5.56 Å². The number of nitrogens with zero attached hydrogens (tertiary/aromatic N) is 1. The van der Waals surface area contributed by atoms with Crippen molar-refractivity contribution in [1.82, 2.24) is 0 Å². The molecule has 1 atom stereocenters. The Balaban J connectivity index is 1.77. The predicted octanol–water partition coefficient (Wildman–Crippen LogP) is 2.60. The van der Waals surface area contributed by atoms with Crippen LogP contribution in [0.2, 0.25) is 0 Å². The first kappa shape index (κ1) is 11.6. The summed E-state index contributed by atoms with van der Waals surface area (Å²) < 4.78 is 18.8. The number of halogens is 1. The first-order chi connectivity index (χ1) is 9.71. The molecule has 20 heavy (non-hydrogen) atoms. The molecule has 4 heteroatoms. The minimum absolute atomic E-state index is 0.0954. The molecule has 1 fully saturated rings. The van der Waals surface area contributed by atoms with Gasteiger partial charge >= 0.3 is 0 Å². The molecular formula is C16H12FNO2. The number of amides is 1. The Kier molecular flexibility index (Phi) is 2.26. The summed E-state index contributed by atoms with van der Waals surface area (Å²) >= 11 is 0. The van der Waals surface area contributed by atoms with Gasteiger partial charge in [-0.05, 0) is 23.8 Å². The zero-order chi connectivity index (χ0) is 13.7. The van der Waals surface area contributed by atoms with E-state index < -0.39 is 5.60 Å². The number of benzene rings is 2. The highest BCUT2D eigenvalue weighted by Crippen LogP contribution is 2.51. The minimum atomic E-state index is -0.924. The first-order valence-electron chi connectivity index (χ1n) is 6.51. The molecule has 3 nitrogen and oxygen atoms in total. The van der Waals surface area contributed by atoms with E-state index in [1.54, 1.807) is 11.0 Å². The fraction of sp³-hybridized carbons (Fsp3) is 0.188. The lowest BCUT2D eigenvalue weighted by Crippen LogP contribution is -2.32. The molecule has 0 aromatic heterocycles. The van der Waals surface area contributed by atoms with Gasteiger partial charge in [0.15, 0.2) is 5.60 Å². The summed E-state index contributed by atoms with van der Waals surface area (Å²) in [7, 11) is 0. The lowest BCUT2D eigenvalue weighted by Gasteiger charge is -2.17. The van der Waals surface area contributed by atoms with Crippen LogP contribution in [0.15, 0.2) is 48.5 Å². The molecule has 1 saturated heterocycles. The Morgan fingerprint density at radius 2 is 1.95 bits per heavy atom. The second-order valence-corrected chi connectivity index (χ2v) is 5.15. The van der Waals surface area contributed by atoms with E-state index in [0.717, 1.165) is 11.3 Å². The van der Waals surface area contributed by atoms with E-state index in [2.05, 4.69) is 0 Å². The van der Waals surface area contributed by atoms with Crippen molar-refractivity contribution in [2.24, 2.45) is 0 Å². The predicted molar refractivity (Wildman–Crippen MR) is 71.7 cm³/mol. The average molecular weight is 269 g/mol. The molecule has 2 aliphatic rings. The van der Waals surface area contributed by atoms with Crippen LogP contribution in [0.1, 0.15) is 11.1 Å². The van der Waals surface area contributed by atoms with Crippen molar-refractivity contribution in [2.45, 2.75) is 12.1 Å². The molecule has 0 saturated carbocycles. The van der Waals surface area contributed by atoms with Crippen LogP contribution < -0.4 is 4.90 Å². The largest absolute Gasteiger partial charge is 0.354 e. The summed E-state index contributed by atoms with van der Waals surface area (Å²) in [5.74, 6) is -0.435. The van der Waals surface area contributed by atoms with Crippen molar-refractivity contribution in [3.63, 3.8) is 0 Å². The van der Waals surface area contributed by atoms with Gasteiger partial charge in [0.2, 0.25) is 0 Å². The minimum Gasteiger partial charge on any atom is -0.354 e. The number of hydrogen-bond acceptors (Lipinski definition) is 2. The SMILES string of the molecule is O=C1N(Cc2ccccc2)c2ccc(F)cc2[C@@]12CO2. The first-order valence-corrected chi connectivity index (χ1v) is 6.51. The third kappa shape index (κ3) is 1.51. The number of fused-ring (bicyclic) bond motifs is 2. The molecule has 1 amide bonds. The standard InChI is InChI=1S/C16H12FNO2/c17-12-6-7-14-13(8-12)16(10-20-16)15(19)18(14)9-11-4-2-1-3-5-11/h1-8H,9-10H2/t16-/m0/s1. The number of rotatable bonds is 2. The molecule has 0 aliphatic carbocycles. The lowest BCUT2D eigenvalue weighted by atomic mass is 10.0. The summed E-state index contributed by atoms with van der Waals surface area (Å²) in [5, 5.41) is 0. The Labute approximate surface area is 115 Å². The summed E-state index contributed by atoms with van der Waals surface area (Å²) in [6.45, 7) is 0.816. The van der Waals surface area contributed by atoms with Crippen LogP contribution in [-0.2, 0) is 21.7 Å². The van der Waals surface area contributed by atoms with Crippen molar-refractivity contribution >= 4 is 11.6 Å². The summed E-state index contributed by atoms with van der Waals surface area (Å²) in [4.78, 5) is 14.2. The normalized spacial score (nSPS) is 23.2. The third-order valence-corrected chi connectivity index (χ3v) is 3.89. The second kappa shape index (κ2) is 3.90. The third-order valence-electron chi connectivity index (χ3n) is 3.89. The van der Waals surface area contributed by atoms with E-state index in [0.29, 0.717) is 18.7 Å². The number of epoxide rings is 1. The van der Waals surface area contributed by atoms with Gasteiger partial charge in [-0.1, -0.05) is 30.3 Å². The van der Waals surface area contributed by atoms with Gasteiger partial charge in [0.1, 0.15) is 5.82 Å². The van der Waals surface area contributed by atoms with E-state index in [4.69, 9.17) is 4.74 Å². The Bertz CT molecular complexity index is 695. The Hall–Kier alpha value is -2.20. The van der Waals surface area contributed by atoms with Crippen LogP contribution in [0.25, 0.3) is 0 Å². The maximum absolute atomic E-state index is 13.4. The zero-order valence-electron chi connectivity index (χ0n) is 10.7. The van der Waals surface area contributed by atoms with Gasteiger partial charge in [-0.2, -0.15) is 0 Å². The van der Waals surface area contributed by atoms with Gasteiger partial charge in [-0.15, -0.1) is 0 Å². The smallest absolute Gasteiger partial charge is 0.266 e. The summed E-state index contributed by atoms with van der Waals surface area (Å²) in [6, 6.07) is 14.2. The van der Waals surface area contributed by atoms with E-state index in [1.807, 2.05) is 30.3 Å². The molecule has 4 rings (SSSR count). The van der Waals surface area contributed by atoms with Crippen molar-refractivity contribution in [3.05, 3.63) is 65.5 Å². The van der Waals surface area contributed by atoms with Crippen molar-refractivity contribution in [1.29, 1.82) is 0 Å². The highest BCUT2D eigenvalue weighted by Gasteiger charge is 2.61. The molecule has 2 aromatic carbocycles. The lowest BCUT2D eigenvalue weighted by molar-refractivity contribution is -0.123. The molecular weight excluding hydrogens is 257 g/mol. The van der Waals surface area contributed by atoms with Gasteiger partial charge < -0.3 is 9.64 Å². The van der Waals surface area contributed by atoms with E-state index in [-0.39, 0.29) is 11.7 Å². The second-order valence-electron chi connectivity index (χ2n) is 5.15. The topological polar surface area (TPSA) is 32.8 Å². The van der Waals surface area contributed by atoms with Gasteiger partial charge in [0.25, 0.3) is 5.91 Å². The van der Waals surface area contributed by atoms with Crippen LogP contribution in [-0.4, -0.2) is 12.5 Å². The fourth-order valence-corrected chi connectivity index (χ4v) is 2.78. The van der Waals surface area contributed by atoms with Crippen LogP contribution >= 0.6 is 0 Å². The number of hydrogen-bond donors (Lipinski definition) is 0. The van der Waals surface area contributed by atoms with Crippen molar-refractivity contribution in [2.75, 3.05) is 11.5 Å². The molecule has 0 unspecified atom stereocenters. The molecule has 0 bridgehead atoms. The van der Waals surface area contributed by atoms with Gasteiger partial charge in [-0.25, -0.2) is 4.39 Å². The molecule has 2 aromatic rings. The van der Waals surface area contributed by atoms with Gasteiger partial charge in [0.05, 0.1) is 18.8 Å². The molecule has 100 valence electrons. The quantitative estimate of drug-likeness (QED) is 0.785. The van der Waals surface area contributed by atoms with Crippen LogP contribution in [0.3, 0.4) is 0 Å². The van der Waals surface area contributed by atoms with E-state index in [1.165, 1.54) is 12.1 Å². The Morgan fingerprint density at radius 1 is 1.20 bits per heavy atom. The highest BCUT2D eigenvalue weighted by atomic mass is 19.1. The number of carbonyl (C=O) groups is 1. The molecule has 0 radical (unpaired) electrons. The zero-order valence-corrected chi connectivity index (χ0v) is 10.7. The van der Waals surface area contributed by atoms with E-state index in [9.17, 15) is 9.18 Å². The van der Waals surface area contributed by atoms with Crippen LogP contribution in [0.4, 0.5) is 10.1 Å². The highest BCUT2D eigenvalue weighted by molar-refractivity contribution is 6.08. The number of carbonyl (C=O) groups excluding carboxylic acids is 1. The van der Waals surface area contributed by atoms with Crippen molar-refractivity contribution in [3.8, 4) is 0 Å². The Morgan fingerprint density at radius 3 is 2.65 bits per heavy atom. The van der Waals surface area contributed by atoms with E-state index >= 15 is 0 Å².